The third-order valence-corrected chi connectivity index (χ3v) is 5.10. The van der Waals surface area contributed by atoms with Crippen molar-refractivity contribution in [3.05, 3.63) is 59.6 Å². The molecule has 0 saturated heterocycles. The van der Waals surface area contributed by atoms with Crippen LogP contribution in [0.4, 0.5) is 5.82 Å². The second kappa shape index (κ2) is 10.7. The van der Waals surface area contributed by atoms with E-state index in [2.05, 4.69) is 58.1 Å². The molecule has 0 spiro atoms. The molecule has 1 aromatic heterocycles. The highest BCUT2D eigenvalue weighted by Gasteiger charge is 2.18. The van der Waals surface area contributed by atoms with Gasteiger partial charge in [0.25, 0.3) is 0 Å². The molecule has 28 heavy (non-hydrogen) atoms. The van der Waals surface area contributed by atoms with E-state index in [4.69, 9.17) is 10.8 Å². The average Bonchev–Trinajstić information content (AvgIpc) is 3.02. The van der Waals surface area contributed by atoms with Crippen molar-refractivity contribution in [2.45, 2.75) is 66.7 Å². The van der Waals surface area contributed by atoms with Gasteiger partial charge in [0.15, 0.2) is 0 Å². The molecule has 0 amide bonds. The van der Waals surface area contributed by atoms with Crippen LogP contribution in [0.15, 0.2) is 48.3 Å². The van der Waals surface area contributed by atoms with E-state index < -0.39 is 0 Å². The van der Waals surface area contributed by atoms with Gasteiger partial charge in [-0.2, -0.15) is 5.10 Å². The van der Waals surface area contributed by atoms with Gasteiger partial charge in [0.05, 0.1) is 17.2 Å². The van der Waals surface area contributed by atoms with E-state index in [0.717, 1.165) is 48.4 Å². The fourth-order valence-electron chi connectivity index (χ4n) is 3.21. The second-order valence-electron chi connectivity index (χ2n) is 7.49. The van der Waals surface area contributed by atoms with Crippen molar-refractivity contribution in [2.24, 2.45) is 11.7 Å². The topological polar surface area (TPSA) is 55.9 Å². The predicted molar refractivity (Wildman–Crippen MR) is 121 cm³/mol. The molecule has 1 aromatic carbocycles. The monoisotopic (exact) mass is 380 g/mol. The maximum Gasteiger partial charge on any atom is 0.138 e. The number of hydrogen-bond donors (Lipinski definition) is 2. The molecule has 0 saturated carbocycles. The molecule has 0 aliphatic heterocycles. The Morgan fingerprint density at radius 2 is 1.89 bits per heavy atom. The molecule has 3 N–H and O–H groups in total. The van der Waals surface area contributed by atoms with E-state index in [0.29, 0.717) is 11.7 Å². The predicted octanol–water partition coefficient (Wildman–Crippen LogP) is 6.42. The average molecular weight is 381 g/mol. The highest BCUT2D eigenvalue weighted by atomic mass is 15.3. The fraction of sp³-hybridized carbons (Fsp3) is 0.458. The summed E-state index contributed by atoms with van der Waals surface area (Å²) in [6.07, 6.45) is 9.68. The van der Waals surface area contributed by atoms with Crippen molar-refractivity contribution in [3.8, 4) is 5.69 Å². The van der Waals surface area contributed by atoms with Crippen LogP contribution in [0.3, 0.4) is 0 Å². The molecule has 4 heteroatoms. The van der Waals surface area contributed by atoms with Crippen molar-refractivity contribution >= 4 is 11.4 Å². The van der Waals surface area contributed by atoms with E-state index >= 15 is 0 Å². The van der Waals surface area contributed by atoms with Gasteiger partial charge in [-0.05, 0) is 55.9 Å². The van der Waals surface area contributed by atoms with E-state index in [-0.39, 0.29) is 0 Å². The number of nitrogens with two attached hydrogens (primary N) is 1. The number of benzene rings is 1. The third-order valence-electron chi connectivity index (χ3n) is 5.10. The molecule has 0 aliphatic carbocycles. The van der Waals surface area contributed by atoms with E-state index in [1.807, 2.05) is 29.0 Å². The number of aromatic nitrogens is 2. The molecule has 2 aromatic rings. The Bertz CT molecular complexity index is 800. The molecule has 4 nitrogen and oxygen atoms in total. The minimum Gasteiger partial charge on any atom is -0.385 e. The SMILES string of the molecule is CC/C=C(/N)Nc1c(C)c(/C(=C/CC(C)CC)CCC)nn1-c1ccccc1. The van der Waals surface area contributed by atoms with Gasteiger partial charge in [-0.15, -0.1) is 0 Å². The van der Waals surface area contributed by atoms with Crippen LogP contribution in [0.5, 0.6) is 0 Å². The summed E-state index contributed by atoms with van der Waals surface area (Å²) in [5.74, 6) is 2.29. The third kappa shape index (κ3) is 5.51. The van der Waals surface area contributed by atoms with Crippen molar-refractivity contribution in [2.75, 3.05) is 5.32 Å². The van der Waals surface area contributed by atoms with Crippen molar-refractivity contribution in [1.82, 2.24) is 9.78 Å². The molecule has 0 aliphatic rings. The Kier molecular flexibility index (Phi) is 8.37. The normalized spacial score (nSPS) is 13.6. The van der Waals surface area contributed by atoms with Crippen LogP contribution < -0.4 is 11.1 Å². The smallest absolute Gasteiger partial charge is 0.138 e. The lowest BCUT2D eigenvalue weighted by Crippen LogP contribution is -2.13. The number of hydrogen-bond acceptors (Lipinski definition) is 3. The zero-order chi connectivity index (χ0) is 20.5. The molecular weight excluding hydrogens is 344 g/mol. The summed E-state index contributed by atoms with van der Waals surface area (Å²) in [5, 5.41) is 8.40. The molecule has 152 valence electrons. The molecule has 2 rings (SSSR count). The highest BCUT2D eigenvalue weighted by Crippen LogP contribution is 2.31. The zero-order valence-electron chi connectivity index (χ0n) is 18.1. The van der Waals surface area contributed by atoms with Gasteiger partial charge < -0.3 is 11.1 Å². The summed E-state index contributed by atoms with van der Waals surface area (Å²) in [7, 11) is 0. The van der Waals surface area contributed by atoms with E-state index in [1.54, 1.807) is 0 Å². The summed E-state index contributed by atoms with van der Waals surface area (Å²) in [6.45, 7) is 11.0. The second-order valence-corrected chi connectivity index (χ2v) is 7.49. The number of allylic oxidation sites excluding steroid dienone is 3. The molecule has 0 radical (unpaired) electrons. The van der Waals surface area contributed by atoms with Crippen LogP contribution in [0.2, 0.25) is 0 Å². The first kappa shape index (κ1) is 21.8. The van der Waals surface area contributed by atoms with Crippen LogP contribution in [-0.4, -0.2) is 9.78 Å². The molecule has 0 fully saturated rings. The van der Waals surface area contributed by atoms with Crippen LogP contribution >= 0.6 is 0 Å². The van der Waals surface area contributed by atoms with Gasteiger partial charge in [0, 0.05) is 5.56 Å². The maximum atomic E-state index is 6.19. The number of nitrogens with zero attached hydrogens (tertiary/aromatic N) is 2. The molecule has 0 bridgehead atoms. The lowest BCUT2D eigenvalue weighted by molar-refractivity contribution is 0.572. The number of anilines is 1. The first-order valence-corrected chi connectivity index (χ1v) is 10.6. The van der Waals surface area contributed by atoms with Gasteiger partial charge in [-0.1, -0.05) is 64.8 Å². The summed E-state index contributed by atoms with van der Waals surface area (Å²) in [5.41, 5.74) is 10.8. The Hall–Kier alpha value is -2.49. The Labute approximate surface area is 170 Å². The number of rotatable bonds is 10. The summed E-state index contributed by atoms with van der Waals surface area (Å²) in [6, 6.07) is 10.2. The highest BCUT2D eigenvalue weighted by molar-refractivity contribution is 5.71. The van der Waals surface area contributed by atoms with Crippen LogP contribution in [0.1, 0.15) is 71.1 Å². The molecule has 1 unspecified atom stereocenters. The van der Waals surface area contributed by atoms with Crippen molar-refractivity contribution in [3.63, 3.8) is 0 Å². The van der Waals surface area contributed by atoms with Gasteiger partial charge >= 0.3 is 0 Å². The van der Waals surface area contributed by atoms with Crippen molar-refractivity contribution < 1.29 is 0 Å². The Morgan fingerprint density at radius 1 is 1.18 bits per heavy atom. The van der Waals surface area contributed by atoms with Crippen LogP contribution in [0.25, 0.3) is 11.3 Å². The quantitative estimate of drug-likeness (QED) is 0.500. The molecule has 1 atom stereocenters. The minimum absolute atomic E-state index is 0.662. The van der Waals surface area contributed by atoms with Gasteiger partial charge in [-0.25, -0.2) is 4.68 Å². The Balaban J connectivity index is 2.55. The van der Waals surface area contributed by atoms with Gasteiger partial charge in [0.1, 0.15) is 5.82 Å². The zero-order valence-corrected chi connectivity index (χ0v) is 18.1. The largest absolute Gasteiger partial charge is 0.385 e. The minimum atomic E-state index is 0.662. The first-order chi connectivity index (χ1) is 13.5. The maximum absolute atomic E-state index is 6.19. The number of nitrogens with one attached hydrogen (secondary N) is 1. The first-order valence-electron chi connectivity index (χ1n) is 10.6. The van der Waals surface area contributed by atoms with Gasteiger partial charge in [0.2, 0.25) is 0 Å². The lowest BCUT2D eigenvalue weighted by Gasteiger charge is -2.11. The van der Waals surface area contributed by atoms with Crippen molar-refractivity contribution in [1.29, 1.82) is 0 Å². The summed E-state index contributed by atoms with van der Waals surface area (Å²) < 4.78 is 1.98. The van der Waals surface area contributed by atoms with Gasteiger partial charge in [-0.3, -0.25) is 0 Å². The summed E-state index contributed by atoms with van der Waals surface area (Å²) in [4.78, 5) is 0. The lowest BCUT2D eigenvalue weighted by atomic mass is 9.98. The fourth-order valence-corrected chi connectivity index (χ4v) is 3.21. The van der Waals surface area contributed by atoms with Crippen LogP contribution in [-0.2, 0) is 0 Å². The molecular formula is C24H36N4. The molecule has 1 heterocycles. The number of para-hydroxylation sites is 1. The van der Waals surface area contributed by atoms with Crippen LogP contribution in [0, 0.1) is 12.8 Å². The Morgan fingerprint density at radius 3 is 2.50 bits per heavy atom. The van der Waals surface area contributed by atoms with E-state index in [9.17, 15) is 0 Å². The standard InChI is InChI=1S/C24H36N4/c1-6-12-20(17-16-18(4)8-3)23-19(5)24(26-22(25)13-7-2)28(27-23)21-14-10-9-11-15-21/h9-11,13-15,17-18,26H,6-8,12,16,25H2,1-5H3/b20-17+,22-13-. The summed E-state index contributed by atoms with van der Waals surface area (Å²) >= 11 is 0. The van der Waals surface area contributed by atoms with E-state index in [1.165, 1.54) is 12.0 Å².